The average molecular weight is 298 g/mol. The molecule has 1 saturated heterocycles. The molecule has 2 aromatic rings. The van der Waals surface area contributed by atoms with Gasteiger partial charge in [-0.05, 0) is 18.8 Å². The van der Waals surface area contributed by atoms with Gasteiger partial charge in [0.25, 0.3) is 0 Å². The largest absolute Gasteiger partial charge is 0.381 e. The molecule has 0 radical (unpaired) electrons. The van der Waals surface area contributed by atoms with Crippen molar-refractivity contribution in [3.8, 4) is 6.07 Å². The van der Waals surface area contributed by atoms with Gasteiger partial charge in [-0.15, -0.1) is 0 Å². The molecule has 1 aliphatic rings. The van der Waals surface area contributed by atoms with Gasteiger partial charge in [-0.1, -0.05) is 0 Å². The molecule has 3 rings (SSSR count). The highest BCUT2D eigenvalue weighted by atomic mass is 16.5. The van der Waals surface area contributed by atoms with E-state index in [4.69, 9.17) is 10.00 Å². The van der Waals surface area contributed by atoms with Gasteiger partial charge in [-0.25, -0.2) is 15.0 Å². The van der Waals surface area contributed by atoms with Gasteiger partial charge in [0.1, 0.15) is 17.7 Å². The van der Waals surface area contributed by atoms with Crippen molar-refractivity contribution in [1.29, 1.82) is 5.26 Å². The zero-order valence-electron chi connectivity index (χ0n) is 12.4. The van der Waals surface area contributed by atoms with Crippen molar-refractivity contribution in [1.82, 2.24) is 19.5 Å². The van der Waals surface area contributed by atoms with E-state index in [0.29, 0.717) is 17.4 Å². The van der Waals surface area contributed by atoms with Crippen LogP contribution in [0.15, 0.2) is 24.8 Å². The number of hydrogen-bond donors (Lipinski definition) is 1. The molecule has 1 aliphatic heterocycles. The molecular formula is C15H18N6O. The van der Waals surface area contributed by atoms with E-state index in [1.807, 2.05) is 23.9 Å². The fraction of sp³-hybridized carbons (Fsp3) is 0.467. The average Bonchev–Trinajstić information content (AvgIpc) is 3.00. The molecule has 2 aromatic heterocycles. The van der Waals surface area contributed by atoms with Gasteiger partial charge in [0.15, 0.2) is 5.69 Å². The van der Waals surface area contributed by atoms with Crippen LogP contribution in [-0.2, 0) is 11.8 Å². The zero-order chi connectivity index (χ0) is 15.4. The number of imidazole rings is 1. The third-order valence-electron chi connectivity index (χ3n) is 3.94. The number of hydrogen-bond acceptors (Lipinski definition) is 6. The zero-order valence-corrected chi connectivity index (χ0v) is 12.4. The maximum atomic E-state index is 8.80. The Morgan fingerprint density at radius 1 is 1.32 bits per heavy atom. The Hall–Kier alpha value is -2.46. The minimum absolute atomic E-state index is 0.0473. The third kappa shape index (κ3) is 3.07. The normalized spacial score (nSPS) is 16.9. The smallest absolute Gasteiger partial charge is 0.158 e. The maximum Gasteiger partial charge on any atom is 0.158 e. The summed E-state index contributed by atoms with van der Waals surface area (Å²) >= 11 is 0. The maximum absolute atomic E-state index is 8.80. The number of nitrogens with one attached hydrogen (secondary N) is 1. The molecule has 7 heteroatoms. The Balaban J connectivity index is 1.84. The monoisotopic (exact) mass is 298 g/mol. The first-order valence-corrected chi connectivity index (χ1v) is 7.31. The first-order valence-electron chi connectivity index (χ1n) is 7.31. The Labute approximate surface area is 129 Å². The van der Waals surface area contributed by atoms with E-state index < -0.39 is 0 Å². The summed E-state index contributed by atoms with van der Waals surface area (Å²) in [6, 6.07) is 2.02. The van der Waals surface area contributed by atoms with E-state index in [2.05, 4.69) is 20.3 Å². The standard InChI is InChI=1S/C15H18N6O/c1-21-5-4-17-15(21)14(11-2-6-22-7-3-11)20-13-10-18-12(8-16)9-19-13/h4-5,9-11,14H,2-3,6-7H2,1H3,(H,19,20)/t14-/m0/s1. The Morgan fingerprint density at radius 3 is 2.73 bits per heavy atom. The van der Waals surface area contributed by atoms with Crippen LogP contribution in [0.3, 0.4) is 0 Å². The van der Waals surface area contributed by atoms with Crippen molar-refractivity contribution in [2.45, 2.75) is 18.9 Å². The quantitative estimate of drug-likeness (QED) is 0.923. The van der Waals surface area contributed by atoms with Crippen LogP contribution in [0.5, 0.6) is 0 Å². The molecule has 0 unspecified atom stereocenters. The Kier molecular flexibility index (Phi) is 4.30. The van der Waals surface area contributed by atoms with Gasteiger partial charge in [0.05, 0.1) is 18.4 Å². The summed E-state index contributed by atoms with van der Waals surface area (Å²) in [5.74, 6) is 2.05. The van der Waals surface area contributed by atoms with E-state index >= 15 is 0 Å². The van der Waals surface area contributed by atoms with E-state index in [1.54, 1.807) is 12.4 Å². The Bertz CT molecular complexity index is 653. The van der Waals surface area contributed by atoms with Crippen LogP contribution in [0.1, 0.15) is 30.4 Å². The fourth-order valence-corrected chi connectivity index (χ4v) is 2.74. The topological polar surface area (TPSA) is 88.7 Å². The lowest BCUT2D eigenvalue weighted by Gasteiger charge is -2.30. The van der Waals surface area contributed by atoms with E-state index in [0.717, 1.165) is 31.9 Å². The van der Waals surface area contributed by atoms with Crippen LogP contribution >= 0.6 is 0 Å². The number of aryl methyl sites for hydroxylation is 1. The second kappa shape index (κ2) is 6.54. The summed E-state index contributed by atoms with van der Waals surface area (Å²) < 4.78 is 7.48. The van der Waals surface area contributed by atoms with Crippen LogP contribution in [-0.4, -0.2) is 32.7 Å². The van der Waals surface area contributed by atoms with Crippen molar-refractivity contribution < 1.29 is 4.74 Å². The number of aromatic nitrogens is 4. The third-order valence-corrected chi connectivity index (χ3v) is 3.94. The number of nitriles is 1. The van der Waals surface area contributed by atoms with Gasteiger partial charge in [-0.3, -0.25) is 0 Å². The van der Waals surface area contributed by atoms with Gasteiger partial charge in [0.2, 0.25) is 0 Å². The number of nitrogens with zero attached hydrogens (tertiary/aromatic N) is 5. The van der Waals surface area contributed by atoms with Crippen LogP contribution in [0, 0.1) is 17.2 Å². The van der Waals surface area contributed by atoms with E-state index in [1.165, 1.54) is 6.20 Å². The van der Waals surface area contributed by atoms with Crippen molar-refractivity contribution in [3.63, 3.8) is 0 Å². The number of rotatable bonds is 4. The molecule has 114 valence electrons. The highest BCUT2D eigenvalue weighted by Crippen LogP contribution is 2.31. The summed E-state index contributed by atoms with van der Waals surface area (Å²) in [6.45, 7) is 1.54. The molecule has 7 nitrogen and oxygen atoms in total. The molecule has 0 saturated carbocycles. The molecule has 0 amide bonds. The van der Waals surface area contributed by atoms with Gasteiger partial charge in [0, 0.05) is 32.7 Å². The van der Waals surface area contributed by atoms with Crippen molar-refractivity contribution >= 4 is 5.82 Å². The second-order valence-corrected chi connectivity index (χ2v) is 5.37. The molecule has 1 fully saturated rings. The predicted octanol–water partition coefficient (Wildman–Crippen LogP) is 1.66. The lowest BCUT2D eigenvalue weighted by Crippen LogP contribution is -2.29. The Morgan fingerprint density at radius 2 is 2.14 bits per heavy atom. The van der Waals surface area contributed by atoms with Crippen LogP contribution < -0.4 is 5.32 Å². The SMILES string of the molecule is Cn1ccnc1[C@@H](Nc1cnc(C#N)cn1)C1CCOCC1. The summed E-state index contributed by atoms with van der Waals surface area (Å²) in [6.07, 6.45) is 8.76. The molecule has 1 N–H and O–H groups in total. The van der Waals surface area contributed by atoms with Crippen molar-refractivity contribution in [3.05, 3.63) is 36.3 Å². The molecule has 3 heterocycles. The van der Waals surface area contributed by atoms with Crippen molar-refractivity contribution in [2.75, 3.05) is 18.5 Å². The molecule has 0 aliphatic carbocycles. The predicted molar refractivity (Wildman–Crippen MR) is 79.9 cm³/mol. The molecule has 1 atom stereocenters. The van der Waals surface area contributed by atoms with E-state index in [9.17, 15) is 0 Å². The summed E-state index contributed by atoms with van der Waals surface area (Å²) in [5, 5.41) is 12.2. The molecule has 0 spiro atoms. The number of anilines is 1. The summed E-state index contributed by atoms with van der Waals surface area (Å²) in [7, 11) is 1.99. The first kappa shape index (κ1) is 14.5. The van der Waals surface area contributed by atoms with Gasteiger partial charge >= 0.3 is 0 Å². The molecule has 0 bridgehead atoms. The minimum atomic E-state index is 0.0473. The van der Waals surface area contributed by atoms with Gasteiger partial charge in [-0.2, -0.15) is 5.26 Å². The van der Waals surface area contributed by atoms with Crippen LogP contribution in [0.25, 0.3) is 0 Å². The van der Waals surface area contributed by atoms with Crippen LogP contribution in [0.2, 0.25) is 0 Å². The van der Waals surface area contributed by atoms with Crippen LogP contribution in [0.4, 0.5) is 5.82 Å². The molecule has 22 heavy (non-hydrogen) atoms. The number of ether oxygens (including phenoxy) is 1. The lowest BCUT2D eigenvalue weighted by atomic mass is 9.91. The lowest BCUT2D eigenvalue weighted by molar-refractivity contribution is 0.0594. The first-order chi connectivity index (χ1) is 10.8. The summed E-state index contributed by atoms with van der Waals surface area (Å²) in [4.78, 5) is 12.8. The molecular weight excluding hydrogens is 280 g/mol. The summed E-state index contributed by atoms with van der Waals surface area (Å²) in [5.41, 5.74) is 0.310. The second-order valence-electron chi connectivity index (χ2n) is 5.37. The van der Waals surface area contributed by atoms with Crippen molar-refractivity contribution in [2.24, 2.45) is 13.0 Å². The molecule has 0 aromatic carbocycles. The van der Waals surface area contributed by atoms with E-state index in [-0.39, 0.29) is 6.04 Å². The fourth-order valence-electron chi connectivity index (χ4n) is 2.74. The highest BCUT2D eigenvalue weighted by molar-refractivity contribution is 5.36. The highest BCUT2D eigenvalue weighted by Gasteiger charge is 2.28. The minimum Gasteiger partial charge on any atom is -0.381 e. The van der Waals surface area contributed by atoms with Gasteiger partial charge < -0.3 is 14.6 Å².